The van der Waals surface area contributed by atoms with E-state index in [9.17, 15) is 18.0 Å². The van der Waals surface area contributed by atoms with E-state index in [1.54, 1.807) is 24.3 Å². The number of hydrogen-bond acceptors (Lipinski definition) is 7. The van der Waals surface area contributed by atoms with Crippen molar-refractivity contribution in [1.29, 1.82) is 0 Å². The maximum atomic E-state index is 14.2. The third kappa shape index (κ3) is 3.55. The Morgan fingerprint density at radius 2 is 1.68 bits per heavy atom. The van der Waals surface area contributed by atoms with Gasteiger partial charge >= 0.3 is 11.9 Å². The maximum absolute atomic E-state index is 14.2. The fraction of sp³-hybridized carbons (Fsp3) is 0.379. The van der Waals surface area contributed by atoms with Crippen LogP contribution >= 0.6 is 0 Å². The molecule has 38 heavy (non-hydrogen) atoms. The number of methoxy groups -OCH3 is 2. The first kappa shape index (κ1) is 24.9. The van der Waals surface area contributed by atoms with Crippen LogP contribution in [0.25, 0.3) is 10.9 Å². The summed E-state index contributed by atoms with van der Waals surface area (Å²) in [6.07, 6.45) is 3.04. The molecule has 6 rings (SSSR count). The number of para-hydroxylation sites is 1. The van der Waals surface area contributed by atoms with E-state index in [4.69, 9.17) is 9.47 Å². The van der Waals surface area contributed by atoms with Gasteiger partial charge < -0.3 is 9.47 Å². The van der Waals surface area contributed by atoms with Crippen LogP contribution in [0.15, 0.2) is 65.1 Å². The smallest absolute Gasteiger partial charge is 0.310 e. The molecule has 2 aliphatic heterocycles. The van der Waals surface area contributed by atoms with E-state index >= 15 is 0 Å². The lowest BCUT2D eigenvalue weighted by atomic mass is 9.71. The number of aromatic nitrogens is 1. The van der Waals surface area contributed by atoms with Gasteiger partial charge in [-0.3, -0.25) is 14.5 Å². The molecule has 3 aromatic rings. The Morgan fingerprint density at radius 3 is 2.39 bits per heavy atom. The van der Waals surface area contributed by atoms with E-state index in [1.807, 2.05) is 37.3 Å². The summed E-state index contributed by atoms with van der Waals surface area (Å²) in [4.78, 5) is 28.1. The summed E-state index contributed by atoms with van der Waals surface area (Å²) in [5, 5.41) is 0.926. The third-order valence-electron chi connectivity index (χ3n) is 8.44. The van der Waals surface area contributed by atoms with Gasteiger partial charge in [0.2, 0.25) is 0 Å². The normalized spacial score (nSPS) is 24.8. The molecule has 3 heterocycles. The zero-order valence-electron chi connectivity index (χ0n) is 21.6. The van der Waals surface area contributed by atoms with Crippen molar-refractivity contribution in [3.05, 3.63) is 77.0 Å². The number of allylic oxidation sites excluding steroid dienone is 1. The summed E-state index contributed by atoms with van der Waals surface area (Å²) in [5.74, 6) is -2.47. The largest absolute Gasteiger partial charge is 0.469 e. The van der Waals surface area contributed by atoms with Crippen LogP contribution in [-0.2, 0) is 35.5 Å². The van der Waals surface area contributed by atoms with Crippen molar-refractivity contribution in [3.8, 4) is 0 Å². The summed E-state index contributed by atoms with van der Waals surface area (Å²) in [5.41, 5.74) is 4.35. The highest BCUT2D eigenvalue weighted by atomic mass is 32.2. The molecular formula is C29H30N2O6S. The van der Waals surface area contributed by atoms with Crippen LogP contribution in [0.2, 0.25) is 0 Å². The third-order valence-corrected chi connectivity index (χ3v) is 10.2. The fourth-order valence-electron chi connectivity index (χ4n) is 6.73. The SMILES string of the molecule is COC(=O)[C@H]1[C@@H](C(=O)OC)CC=C2[C@H]1CN1CCc3c(n(S(=O)(=O)c4ccc(C)cc4)c4ccccc34)[C@@H]21. The number of benzene rings is 2. The van der Waals surface area contributed by atoms with Crippen molar-refractivity contribution in [2.45, 2.75) is 30.7 Å². The van der Waals surface area contributed by atoms with Gasteiger partial charge in [-0.2, -0.15) is 0 Å². The minimum Gasteiger partial charge on any atom is -0.469 e. The molecule has 0 amide bonds. The van der Waals surface area contributed by atoms with Crippen molar-refractivity contribution in [3.63, 3.8) is 0 Å². The number of nitrogens with zero attached hydrogens (tertiary/aromatic N) is 2. The van der Waals surface area contributed by atoms with E-state index in [1.165, 1.54) is 18.2 Å². The van der Waals surface area contributed by atoms with Gasteiger partial charge in [-0.1, -0.05) is 42.0 Å². The summed E-state index contributed by atoms with van der Waals surface area (Å²) in [7, 11) is -1.26. The number of aryl methyl sites for hydroxylation is 1. The molecular weight excluding hydrogens is 504 g/mol. The van der Waals surface area contributed by atoms with Crippen molar-refractivity contribution in [1.82, 2.24) is 8.87 Å². The van der Waals surface area contributed by atoms with Gasteiger partial charge in [0, 0.05) is 24.4 Å². The molecule has 1 aliphatic carbocycles. The minimum absolute atomic E-state index is 0.231. The molecule has 0 saturated carbocycles. The first-order valence-corrected chi connectivity index (χ1v) is 14.3. The Kier molecular flexibility index (Phi) is 5.96. The first-order valence-electron chi connectivity index (χ1n) is 12.8. The van der Waals surface area contributed by atoms with Gasteiger partial charge in [-0.05, 0) is 49.1 Å². The van der Waals surface area contributed by atoms with Crippen LogP contribution in [0.5, 0.6) is 0 Å². The van der Waals surface area contributed by atoms with Crippen LogP contribution in [0.3, 0.4) is 0 Å². The highest BCUT2D eigenvalue weighted by Gasteiger charge is 2.53. The van der Waals surface area contributed by atoms with E-state index in [0.717, 1.165) is 34.3 Å². The molecule has 0 radical (unpaired) electrons. The number of hydrogen-bond donors (Lipinski definition) is 0. The molecule has 0 N–H and O–H groups in total. The van der Waals surface area contributed by atoms with Gasteiger partial charge in [-0.25, -0.2) is 12.4 Å². The second kappa shape index (κ2) is 9.10. The Hall–Kier alpha value is -3.43. The average Bonchev–Trinajstić information content (AvgIpc) is 3.47. The first-order chi connectivity index (χ1) is 18.3. The molecule has 4 atom stereocenters. The van der Waals surface area contributed by atoms with Crippen molar-refractivity contribution in [2.24, 2.45) is 17.8 Å². The molecule has 8 nitrogen and oxygen atoms in total. The van der Waals surface area contributed by atoms with Gasteiger partial charge in [-0.15, -0.1) is 0 Å². The number of carbonyl (C=O) groups is 2. The molecule has 1 aromatic heterocycles. The van der Waals surface area contributed by atoms with Crippen molar-refractivity contribution >= 4 is 32.9 Å². The minimum atomic E-state index is -3.92. The number of fused-ring (bicyclic) bond motifs is 7. The van der Waals surface area contributed by atoms with Gasteiger partial charge in [0.05, 0.1) is 48.2 Å². The summed E-state index contributed by atoms with van der Waals surface area (Å²) in [6, 6.07) is 14.2. The monoisotopic (exact) mass is 534 g/mol. The topological polar surface area (TPSA) is 94.9 Å². The lowest BCUT2D eigenvalue weighted by Gasteiger charge is -2.34. The van der Waals surface area contributed by atoms with Crippen molar-refractivity contribution < 1.29 is 27.5 Å². The number of carbonyl (C=O) groups excluding carboxylic acids is 2. The molecule has 9 heteroatoms. The van der Waals surface area contributed by atoms with Crippen LogP contribution in [0.1, 0.15) is 29.3 Å². The number of rotatable bonds is 4. The Morgan fingerprint density at radius 1 is 0.974 bits per heavy atom. The molecule has 0 spiro atoms. The lowest BCUT2D eigenvalue weighted by Crippen LogP contribution is -2.40. The Balaban J connectivity index is 1.56. The molecule has 0 unspecified atom stereocenters. The Labute approximate surface area is 221 Å². The van der Waals surface area contributed by atoms with E-state index in [2.05, 4.69) is 4.90 Å². The van der Waals surface area contributed by atoms with Crippen molar-refractivity contribution in [2.75, 3.05) is 27.3 Å². The predicted octanol–water partition coefficient (Wildman–Crippen LogP) is 3.62. The molecule has 1 saturated heterocycles. The molecule has 2 aromatic carbocycles. The van der Waals surface area contributed by atoms with Gasteiger partial charge in [0.15, 0.2) is 0 Å². The summed E-state index contributed by atoms with van der Waals surface area (Å²) >= 11 is 0. The van der Waals surface area contributed by atoms with E-state index < -0.39 is 33.8 Å². The van der Waals surface area contributed by atoms with Gasteiger partial charge in [0.25, 0.3) is 10.0 Å². The molecule has 198 valence electrons. The number of ether oxygens (including phenoxy) is 2. The zero-order chi connectivity index (χ0) is 26.8. The number of esters is 2. The van der Waals surface area contributed by atoms with Crippen LogP contribution in [-0.4, -0.2) is 56.5 Å². The van der Waals surface area contributed by atoms with Crippen LogP contribution < -0.4 is 0 Å². The summed E-state index contributed by atoms with van der Waals surface area (Å²) < 4.78 is 40.1. The van der Waals surface area contributed by atoms with E-state index in [0.29, 0.717) is 24.9 Å². The van der Waals surface area contributed by atoms with E-state index in [-0.39, 0.29) is 16.9 Å². The average molecular weight is 535 g/mol. The second-order valence-electron chi connectivity index (χ2n) is 10.3. The van der Waals surface area contributed by atoms with Crippen LogP contribution in [0, 0.1) is 24.7 Å². The highest BCUT2D eigenvalue weighted by molar-refractivity contribution is 7.90. The fourth-order valence-corrected chi connectivity index (χ4v) is 8.30. The van der Waals surface area contributed by atoms with Crippen LogP contribution in [0.4, 0.5) is 0 Å². The standard InChI is InChI=1S/C29H30N2O6S/c1-17-8-10-18(11-9-17)38(34,35)31-24-7-5-4-6-19(24)21-14-15-30-16-23-20(26(30)27(21)31)12-13-22(28(32)36-2)25(23)29(33)37-3/h4-12,22-23,25-26H,13-16H2,1-3H3/t22-,23+,25-,26+/m0/s1. The quantitative estimate of drug-likeness (QED) is 0.373. The second-order valence-corrected chi connectivity index (χ2v) is 12.1. The zero-order valence-corrected chi connectivity index (χ0v) is 22.4. The lowest BCUT2D eigenvalue weighted by molar-refractivity contribution is -0.159. The Bertz CT molecular complexity index is 1590. The maximum Gasteiger partial charge on any atom is 0.310 e. The predicted molar refractivity (Wildman–Crippen MR) is 141 cm³/mol. The summed E-state index contributed by atoms with van der Waals surface area (Å²) in [6.45, 7) is 3.19. The molecule has 1 fully saturated rings. The highest BCUT2D eigenvalue weighted by Crippen LogP contribution is 2.53. The van der Waals surface area contributed by atoms with Gasteiger partial charge in [0.1, 0.15) is 0 Å². The molecule has 3 aliphatic rings. The molecule has 0 bridgehead atoms.